The lowest BCUT2D eigenvalue weighted by Crippen LogP contribution is -2.48. The van der Waals surface area contributed by atoms with E-state index in [1.165, 1.54) is 11.3 Å². The fourth-order valence-electron chi connectivity index (χ4n) is 3.14. The van der Waals surface area contributed by atoms with E-state index in [4.69, 9.17) is 0 Å². The van der Waals surface area contributed by atoms with Gasteiger partial charge in [0.15, 0.2) is 0 Å². The molecular formula is C20H24BrN3O. The first kappa shape index (κ1) is 18.0. The van der Waals surface area contributed by atoms with Crippen LogP contribution in [0, 0.1) is 13.8 Å². The van der Waals surface area contributed by atoms with E-state index in [0.29, 0.717) is 6.54 Å². The average molecular weight is 402 g/mol. The minimum atomic E-state index is 0.0418. The number of hydrogen-bond donors (Lipinski definition) is 1. The molecule has 0 atom stereocenters. The van der Waals surface area contributed by atoms with Crippen LogP contribution in [-0.2, 0) is 4.79 Å². The van der Waals surface area contributed by atoms with Gasteiger partial charge in [-0.05, 0) is 43.2 Å². The van der Waals surface area contributed by atoms with Crippen molar-refractivity contribution in [3.8, 4) is 0 Å². The van der Waals surface area contributed by atoms with Crippen molar-refractivity contribution < 1.29 is 4.79 Å². The van der Waals surface area contributed by atoms with Gasteiger partial charge in [0.25, 0.3) is 0 Å². The summed E-state index contributed by atoms with van der Waals surface area (Å²) in [5.74, 6) is 0.0418. The summed E-state index contributed by atoms with van der Waals surface area (Å²) in [4.78, 5) is 16.9. The second kappa shape index (κ2) is 8.02. The first-order valence-electron chi connectivity index (χ1n) is 8.62. The zero-order chi connectivity index (χ0) is 17.8. The highest BCUT2D eigenvalue weighted by Crippen LogP contribution is 2.22. The van der Waals surface area contributed by atoms with E-state index in [-0.39, 0.29) is 5.91 Å². The third-order valence-corrected chi connectivity index (χ3v) is 5.51. The molecule has 25 heavy (non-hydrogen) atoms. The van der Waals surface area contributed by atoms with Crippen molar-refractivity contribution in [3.63, 3.8) is 0 Å². The smallest absolute Gasteiger partial charge is 0.238 e. The van der Waals surface area contributed by atoms with Crippen LogP contribution in [0.1, 0.15) is 11.1 Å². The van der Waals surface area contributed by atoms with Crippen LogP contribution in [0.2, 0.25) is 0 Å². The average Bonchev–Trinajstić information content (AvgIpc) is 2.59. The molecule has 1 aliphatic heterocycles. The number of para-hydroxylation sites is 1. The zero-order valence-electron chi connectivity index (χ0n) is 14.8. The highest BCUT2D eigenvalue weighted by atomic mass is 79.9. The maximum atomic E-state index is 12.3. The number of piperazine rings is 1. The molecule has 4 nitrogen and oxygen atoms in total. The van der Waals surface area contributed by atoms with Crippen molar-refractivity contribution in [2.45, 2.75) is 13.8 Å². The van der Waals surface area contributed by atoms with Crippen molar-refractivity contribution in [3.05, 3.63) is 58.1 Å². The van der Waals surface area contributed by atoms with Crippen molar-refractivity contribution in [2.24, 2.45) is 0 Å². The Labute approximate surface area is 158 Å². The highest BCUT2D eigenvalue weighted by Gasteiger charge is 2.20. The Hall–Kier alpha value is -1.85. The van der Waals surface area contributed by atoms with Crippen molar-refractivity contribution in [1.29, 1.82) is 0 Å². The molecule has 1 aliphatic rings. The Morgan fingerprint density at radius 3 is 2.44 bits per heavy atom. The van der Waals surface area contributed by atoms with Crippen LogP contribution in [0.3, 0.4) is 0 Å². The van der Waals surface area contributed by atoms with Crippen LogP contribution in [0.4, 0.5) is 11.4 Å². The number of carbonyl (C=O) groups excluding carboxylic acids is 1. The van der Waals surface area contributed by atoms with E-state index in [9.17, 15) is 4.79 Å². The number of halogens is 1. The van der Waals surface area contributed by atoms with Gasteiger partial charge in [0.05, 0.1) is 6.54 Å². The lowest BCUT2D eigenvalue weighted by molar-refractivity contribution is -0.117. The van der Waals surface area contributed by atoms with E-state index in [1.54, 1.807) is 0 Å². The second-order valence-electron chi connectivity index (χ2n) is 6.56. The molecule has 3 rings (SSSR count). The highest BCUT2D eigenvalue weighted by molar-refractivity contribution is 9.10. The summed E-state index contributed by atoms with van der Waals surface area (Å²) in [6.45, 7) is 8.33. The summed E-state index contributed by atoms with van der Waals surface area (Å²) in [5.41, 5.74) is 4.60. The molecule has 1 fully saturated rings. The van der Waals surface area contributed by atoms with Gasteiger partial charge in [0.1, 0.15) is 0 Å². The van der Waals surface area contributed by atoms with Crippen LogP contribution in [0.15, 0.2) is 46.9 Å². The molecule has 1 N–H and O–H groups in total. The van der Waals surface area contributed by atoms with Gasteiger partial charge in [0.2, 0.25) is 5.91 Å². The summed E-state index contributed by atoms with van der Waals surface area (Å²) >= 11 is 3.50. The number of benzene rings is 2. The number of carbonyl (C=O) groups is 1. The molecule has 0 aromatic heterocycles. The maximum absolute atomic E-state index is 12.3. The maximum Gasteiger partial charge on any atom is 0.238 e. The summed E-state index contributed by atoms with van der Waals surface area (Å²) in [6.07, 6.45) is 0. The molecular weight excluding hydrogens is 378 g/mol. The molecule has 5 heteroatoms. The third kappa shape index (κ3) is 4.61. The van der Waals surface area contributed by atoms with E-state index < -0.39 is 0 Å². The fraction of sp³-hybridized carbons (Fsp3) is 0.350. The van der Waals surface area contributed by atoms with E-state index in [2.05, 4.69) is 62.2 Å². The first-order valence-corrected chi connectivity index (χ1v) is 9.41. The predicted octanol–water partition coefficient (Wildman–Crippen LogP) is 3.83. The monoisotopic (exact) mass is 401 g/mol. The quantitative estimate of drug-likeness (QED) is 0.845. The van der Waals surface area contributed by atoms with Crippen LogP contribution < -0.4 is 10.2 Å². The van der Waals surface area contributed by atoms with Gasteiger partial charge < -0.3 is 10.2 Å². The predicted molar refractivity (Wildman–Crippen MR) is 107 cm³/mol. The number of nitrogens with zero attached hydrogens (tertiary/aromatic N) is 2. The standard InChI is InChI=1S/C20H24BrN3O/c1-15-7-8-17(13-18(15)21)22-20(25)14-23-9-11-24(12-10-23)19-6-4-3-5-16(19)2/h3-8,13H,9-12,14H2,1-2H3,(H,22,25). The molecule has 0 aliphatic carbocycles. The van der Waals surface area contributed by atoms with Gasteiger partial charge in [0, 0.05) is 42.0 Å². The van der Waals surface area contributed by atoms with Crippen molar-refractivity contribution in [1.82, 2.24) is 4.90 Å². The molecule has 0 unspecified atom stereocenters. The lowest BCUT2D eigenvalue weighted by Gasteiger charge is -2.36. The van der Waals surface area contributed by atoms with Gasteiger partial charge in [-0.3, -0.25) is 9.69 Å². The molecule has 2 aromatic carbocycles. The fourth-order valence-corrected chi connectivity index (χ4v) is 3.52. The summed E-state index contributed by atoms with van der Waals surface area (Å²) in [5, 5.41) is 2.99. The van der Waals surface area contributed by atoms with E-state index in [1.807, 2.05) is 25.1 Å². The number of nitrogens with one attached hydrogen (secondary N) is 1. The summed E-state index contributed by atoms with van der Waals surface area (Å²) in [6, 6.07) is 14.4. The van der Waals surface area contributed by atoms with Gasteiger partial charge >= 0.3 is 0 Å². The SMILES string of the molecule is Cc1ccc(NC(=O)CN2CCN(c3ccccc3C)CC2)cc1Br. The third-order valence-electron chi connectivity index (χ3n) is 4.65. The van der Waals surface area contributed by atoms with Crippen LogP contribution in [0.25, 0.3) is 0 Å². The molecule has 1 saturated heterocycles. The Morgan fingerprint density at radius 2 is 1.76 bits per heavy atom. The van der Waals surface area contributed by atoms with E-state index >= 15 is 0 Å². The molecule has 0 spiro atoms. The Bertz CT molecular complexity index is 754. The van der Waals surface area contributed by atoms with Gasteiger partial charge in [-0.1, -0.05) is 40.2 Å². The van der Waals surface area contributed by atoms with Crippen LogP contribution >= 0.6 is 15.9 Å². The van der Waals surface area contributed by atoms with Crippen LogP contribution in [-0.4, -0.2) is 43.5 Å². The number of hydrogen-bond acceptors (Lipinski definition) is 3. The first-order chi connectivity index (χ1) is 12.0. The largest absolute Gasteiger partial charge is 0.369 e. The number of anilines is 2. The molecule has 0 bridgehead atoms. The van der Waals surface area contributed by atoms with Crippen molar-refractivity contribution in [2.75, 3.05) is 42.9 Å². The molecule has 132 valence electrons. The second-order valence-corrected chi connectivity index (χ2v) is 7.42. The number of amides is 1. The normalized spacial score (nSPS) is 15.2. The van der Waals surface area contributed by atoms with Crippen molar-refractivity contribution >= 4 is 33.2 Å². The molecule has 0 radical (unpaired) electrons. The number of rotatable bonds is 4. The summed E-state index contributed by atoms with van der Waals surface area (Å²) < 4.78 is 1.01. The van der Waals surface area contributed by atoms with Crippen LogP contribution in [0.5, 0.6) is 0 Å². The zero-order valence-corrected chi connectivity index (χ0v) is 16.3. The number of aryl methyl sites for hydroxylation is 2. The Kier molecular flexibility index (Phi) is 5.76. The van der Waals surface area contributed by atoms with Gasteiger partial charge in [-0.25, -0.2) is 0 Å². The molecule has 0 saturated carbocycles. The van der Waals surface area contributed by atoms with Gasteiger partial charge in [-0.2, -0.15) is 0 Å². The van der Waals surface area contributed by atoms with Gasteiger partial charge in [-0.15, -0.1) is 0 Å². The minimum Gasteiger partial charge on any atom is -0.369 e. The lowest BCUT2D eigenvalue weighted by atomic mass is 10.1. The molecule has 1 amide bonds. The topological polar surface area (TPSA) is 35.6 Å². The Balaban J connectivity index is 1.51. The molecule has 1 heterocycles. The Morgan fingerprint density at radius 1 is 1.04 bits per heavy atom. The van der Waals surface area contributed by atoms with E-state index in [0.717, 1.165) is 41.9 Å². The molecule has 2 aromatic rings. The summed E-state index contributed by atoms with van der Waals surface area (Å²) in [7, 11) is 0. The minimum absolute atomic E-state index is 0.0418.